The number of benzene rings is 1. The van der Waals surface area contributed by atoms with E-state index in [1.54, 1.807) is 0 Å². The molecule has 0 aliphatic carbocycles. The molecule has 0 atom stereocenters. The molecule has 0 fully saturated rings. The Bertz CT molecular complexity index is 454. The molecule has 0 amide bonds. The van der Waals surface area contributed by atoms with Crippen molar-refractivity contribution < 1.29 is 23.1 Å². The lowest BCUT2D eigenvalue weighted by Crippen LogP contribution is -2.10. The van der Waals surface area contributed by atoms with Gasteiger partial charge in [0.05, 0.1) is 12.0 Å². The summed E-state index contributed by atoms with van der Waals surface area (Å²) >= 11 is 0. The summed E-state index contributed by atoms with van der Waals surface area (Å²) in [4.78, 5) is 22.4. The number of ether oxygens (including phenoxy) is 1. The van der Waals surface area contributed by atoms with E-state index >= 15 is 0 Å². The summed E-state index contributed by atoms with van der Waals surface area (Å²) in [6, 6.07) is 1.49. The van der Waals surface area contributed by atoms with E-state index in [2.05, 4.69) is 0 Å². The quantitative estimate of drug-likeness (QED) is 0.612. The maximum Gasteiger partial charge on any atom is 0.177 e. The molecule has 5 heteroatoms. The highest BCUT2D eigenvalue weighted by Gasteiger charge is 2.25. The Labute approximate surface area is 83.7 Å². The van der Waals surface area contributed by atoms with Crippen LogP contribution in [0.1, 0.15) is 16.8 Å². The number of rotatable bonds is 0. The first-order valence-corrected chi connectivity index (χ1v) is 4.24. The minimum absolute atomic E-state index is 0.210. The minimum atomic E-state index is -0.965. The van der Waals surface area contributed by atoms with E-state index in [1.807, 2.05) is 0 Å². The van der Waals surface area contributed by atoms with Crippen molar-refractivity contribution in [2.45, 2.75) is 6.42 Å². The van der Waals surface area contributed by atoms with Crippen molar-refractivity contribution in [3.8, 4) is 5.75 Å². The predicted molar refractivity (Wildman–Crippen MR) is 45.8 cm³/mol. The molecule has 0 N–H and O–H groups in total. The molecule has 0 saturated carbocycles. The largest absolute Gasteiger partial charge is 0.482 e. The maximum absolute atomic E-state index is 13.2. The summed E-state index contributed by atoms with van der Waals surface area (Å²) in [7, 11) is 0. The summed E-state index contributed by atoms with van der Waals surface area (Å²) in [5, 5.41) is 0. The summed E-state index contributed by atoms with van der Waals surface area (Å²) in [5.41, 5.74) is -0.210. The summed E-state index contributed by atoms with van der Waals surface area (Å²) in [6.45, 7) is -0.360. The fourth-order valence-corrected chi connectivity index (χ4v) is 1.39. The van der Waals surface area contributed by atoms with E-state index in [0.29, 0.717) is 6.07 Å². The van der Waals surface area contributed by atoms with Gasteiger partial charge >= 0.3 is 0 Å². The maximum atomic E-state index is 13.2. The topological polar surface area (TPSA) is 43.4 Å². The van der Waals surface area contributed by atoms with Crippen LogP contribution in [0.15, 0.2) is 12.1 Å². The Hall–Kier alpha value is -1.78. The first kappa shape index (κ1) is 9.76. The number of Topliss-reactive ketones (excluding diaryl/α,β-unsaturated/α-hetero) is 2. The number of ketones is 2. The fourth-order valence-electron chi connectivity index (χ4n) is 1.39. The molecule has 1 aromatic carbocycles. The van der Waals surface area contributed by atoms with Gasteiger partial charge in [0, 0.05) is 6.07 Å². The van der Waals surface area contributed by atoms with Gasteiger partial charge in [0.2, 0.25) is 0 Å². The third-order valence-electron chi connectivity index (χ3n) is 2.04. The van der Waals surface area contributed by atoms with E-state index in [9.17, 15) is 18.4 Å². The lowest BCUT2D eigenvalue weighted by molar-refractivity contribution is -0.119. The van der Waals surface area contributed by atoms with E-state index in [-0.39, 0.29) is 24.3 Å². The van der Waals surface area contributed by atoms with Crippen LogP contribution in [-0.2, 0) is 4.79 Å². The molecule has 0 saturated heterocycles. The lowest BCUT2D eigenvalue weighted by Gasteiger charge is -2.06. The molecule has 1 aromatic rings. The van der Waals surface area contributed by atoms with Crippen molar-refractivity contribution in [2.24, 2.45) is 0 Å². The Morgan fingerprint density at radius 1 is 1.20 bits per heavy atom. The van der Waals surface area contributed by atoms with Gasteiger partial charge in [-0.05, 0) is 6.07 Å². The van der Waals surface area contributed by atoms with Crippen LogP contribution in [0.25, 0.3) is 0 Å². The van der Waals surface area contributed by atoms with Crippen molar-refractivity contribution in [2.75, 3.05) is 6.61 Å². The van der Waals surface area contributed by atoms with Crippen LogP contribution in [0.3, 0.4) is 0 Å². The standard InChI is InChI=1S/C10H6F2O3/c11-5-1-7-9(14)3-6(13)4-15-10(7)8(12)2-5/h1-2H,3-4H2. The van der Waals surface area contributed by atoms with E-state index in [0.717, 1.165) is 6.07 Å². The molecule has 2 rings (SSSR count). The summed E-state index contributed by atoms with van der Waals surface area (Å²) in [6.07, 6.45) is -0.379. The Kier molecular flexibility index (Phi) is 2.22. The van der Waals surface area contributed by atoms with Crippen molar-refractivity contribution in [3.63, 3.8) is 0 Å². The molecule has 0 aromatic heterocycles. The molecule has 1 heterocycles. The number of carbonyl (C=O) groups excluding carboxylic acids is 2. The average molecular weight is 212 g/mol. The van der Waals surface area contributed by atoms with Crippen LogP contribution in [0.4, 0.5) is 8.78 Å². The van der Waals surface area contributed by atoms with Gasteiger partial charge in [-0.25, -0.2) is 8.78 Å². The molecule has 0 unspecified atom stereocenters. The van der Waals surface area contributed by atoms with Gasteiger partial charge in [-0.2, -0.15) is 0 Å². The van der Waals surface area contributed by atoms with Gasteiger partial charge < -0.3 is 4.74 Å². The number of fused-ring (bicyclic) bond motifs is 1. The average Bonchev–Trinajstić information content (AvgIpc) is 2.27. The van der Waals surface area contributed by atoms with Crippen molar-refractivity contribution in [1.82, 2.24) is 0 Å². The first-order valence-electron chi connectivity index (χ1n) is 4.24. The van der Waals surface area contributed by atoms with Gasteiger partial charge in [0.15, 0.2) is 23.1 Å². The molecule has 0 bridgehead atoms. The van der Waals surface area contributed by atoms with Gasteiger partial charge in [-0.3, -0.25) is 9.59 Å². The highest BCUT2D eigenvalue weighted by atomic mass is 19.1. The van der Waals surface area contributed by atoms with Crippen LogP contribution in [-0.4, -0.2) is 18.2 Å². The number of hydrogen-bond acceptors (Lipinski definition) is 3. The molecule has 15 heavy (non-hydrogen) atoms. The Balaban J connectivity index is 2.58. The number of carbonyl (C=O) groups is 2. The molecule has 78 valence electrons. The molecule has 1 aliphatic heterocycles. The first-order chi connectivity index (χ1) is 7.08. The highest BCUT2D eigenvalue weighted by Crippen LogP contribution is 2.27. The Morgan fingerprint density at radius 2 is 1.93 bits per heavy atom. The zero-order chi connectivity index (χ0) is 11.0. The monoisotopic (exact) mass is 212 g/mol. The fraction of sp³-hybridized carbons (Fsp3) is 0.200. The lowest BCUT2D eigenvalue weighted by atomic mass is 10.1. The SMILES string of the molecule is O=C1COc2c(F)cc(F)cc2C(=O)C1. The van der Waals surface area contributed by atoms with Gasteiger partial charge in [-0.15, -0.1) is 0 Å². The second-order valence-corrected chi connectivity index (χ2v) is 3.19. The molecule has 0 radical (unpaired) electrons. The zero-order valence-electron chi connectivity index (χ0n) is 7.55. The second kappa shape index (κ2) is 3.42. The van der Waals surface area contributed by atoms with Crippen molar-refractivity contribution in [3.05, 3.63) is 29.3 Å². The molecule has 1 aliphatic rings. The van der Waals surface area contributed by atoms with Crippen LogP contribution >= 0.6 is 0 Å². The number of hydrogen-bond donors (Lipinski definition) is 0. The minimum Gasteiger partial charge on any atom is -0.482 e. The van der Waals surface area contributed by atoms with E-state index in [1.165, 1.54) is 0 Å². The smallest absolute Gasteiger partial charge is 0.177 e. The molecule has 0 spiro atoms. The third kappa shape index (κ3) is 1.72. The zero-order valence-corrected chi connectivity index (χ0v) is 7.55. The van der Waals surface area contributed by atoms with Gasteiger partial charge in [0.25, 0.3) is 0 Å². The highest BCUT2D eigenvalue weighted by molar-refractivity contribution is 6.10. The summed E-state index contributed by atoms with van der Waals surface area (Å²) in [5.74, 6) is -3.24. The third-order valence-corrected chi connectivity index (χ3v) is 2.04. The van der Waals surface area contributed by atoms with Crippen molar-refractivity contribution in [1.29, 1.82) is 0 Å². The predicted octanol–water partition coefficient (Wildman–Crippen LogP) is 1.50. The van der Waals surface area contributed by atoms with Crippen LogP contribution in [0, 0.1) is 11.6 Å². The van der Waals surface area contributed by atoms with Crippen LogP contribution in [0.2, 0.25) is 0 Å². The second-order valence-electron chi connectivity index (χ2n) is 3.19. The summed E-state index contributed by atoms with van der Waals surface area (Å²) < 4.78 is 30.8. The van der Waals surface area contributed by atoms with E-state index < -0.39 is 23.2 Å². The molecule has 3 nitrogen and oxygen atoms in total. The van der Waals surface area contributed by atoms with Crippen LogP contribution < -0.4 is 4.74 Å². The number of halogens is 2. The van der Waals surface area contributed by atoms with Crippen LogP contribution in [0.5, 0.6) is 5.75 Å². The van der Waals surface area contributed by atoms with Gasteiger partial charge in [-0.1, -0.05) is 0 Å². The van der Waals surface area contributed by atoms with Crippen molar-refractivity contribution >= 4 is 11.6 Å². The molecular formula is C10H6F2O3. The normalized spacial score (nSPS) is 15.6. The Morgan fingerprint density at radius 3 is 2.67 bits per heavy atom. The van der Waals surface area contributed by atoms with Gasteiger partial charge in [0.1, 0.15) is 12.4 Å². The molecular weight excluding hydrogens is 206 g/mol. The van der Waals surface area contributed by atoms with E-state index in [4.69, 9.17) is 4.74 Å².